The summed E-state index contributed by atoms with van der Waals surface area (Å²) in [6.07, 6.45) is -1.22. The molecule has 1 fully saturated rings. The van der Waals surface area contributed by atoms with E-state index < -0.39 is 47.6 Å². The maximum absolute atomic E-state index is 13.7. The lowest BCUT2D eigenvalue weighted by atomic mass is 9.87. The monoisotopic (exact) mass is 444 g/mol. The number of hydrogen-bond acceptors (Lipinski definition) is 4. The zero-order valence-electron chi connectivity index (χ0n) is 18.2. The second-order valence-corrected chi connectivity index (χ2v) is 9.25. The van der Waals surface area contributed by atoms with Crippen LogP contribution in [0.1, 0.15) is 37.5 Å². The average molecular weight is 444 g/mol. The minimum absolute atomic E-state index is 0.158. The standard InChI is InChI=1S/C24H26F2N2O4/c1-24(2,3)32-23(30)28-13-16-7-5-4-6-15(16)11-20(28)21-19(27-22(29)31-21)10-14-8-17(25)12-18(26)9-14/h4-9,12,19-21H,10-11,13H2,1-3H3,(H,27,29)/t19-,20+,21-/m0/s1. The average Bonchev–Trinajstić information content (AvgIpc) is 3.04. The Balaban J connectivity index is 1.64. The number of nitrogens with one attached hydrogen (secondary N) is 1. The third kappa shape index (κ3) is 4.84. The summed E-state index contributed by atoms with van der Waals surface area (Å²) >= 11 is 0. The van der Waals surface area contributed by atoms with E-state index in [4.69, 9.17) is 9.47 Å². The molecule has 8 heteroatoms. The summed E-state index contributed by atoms with van der Waals surface area (Å²) in [6, 6.07) is 9.96. The zero-order valence-corrected chi connectivity index (χ0v) is 18.2. The first-order valence-corrected chi connectivity index (χ1v) is 10.6. The van der Waals surface area contributed by atoms with Crippen LogP contribution in [0.25, 0.3) is 0 Å². The van der Waals surface area contributed by atoms with Crippen molar-refractivity contribution in [3.05, 3.63) is 70.8 Å². The smallest absolute Gasteiger partial charge is 0.410 e. The molecule has 0 unspecified atom stereocenters. The van der Waals surface area contributed by atoms with Crippen LogP contribution in [0.2, 0.25) is 0 Å². The van der Waals surface area contributed by atoms with E-state index in [1.807, 2.05) is 24.3 Å². The Bertz CT molecular complexity index is 1020. The molecule has 2 aromatic carbocycles. The molecule has 1 N–H and O–H groups in total. The molecule has 2 aromatic rings. The molecule has 2 aliphatic rings. The van der Waals surface area contributed by atoms with E-state index in [1.54, 1.807) is 25.7 Å². The molecule has 6 nitrogen and oxygen atoms in total. The summed E-state index contributed by atoms with van der Waals surface area (Å²) < 4.78 is 38.6. The van der Waals surface area contributed by atoms with E-state index in [0.717, 1.165) is 17.2 Å². The molecular weight excluding hydrogens is 418 g/mol. The van der Waals surface area contributed by atoms with Gasteiger partial charge in [0.1, 0.15) is 23.3 Å². The molecular formula is C24H26F2N2O4. The van der Waals surface area contributed by atoms with Crippen molar-refractivity contribution in [2.45, 2.75) is 63.9 Å². The van der Waals surface area contributed by atoms with Crippen molar-refractivity contribution in [2.75, 3.05) is 0 Å². The molecule has 0 bridgehead atoms. The van der Waals surface area contributed by atoms with Gasteiger partial charge in [0.25, 0.3) is 0 Å². The van der Waals surface area contributed by atoms with Crippen LogP contribution in [0.15, 0.2) is 42.5 Å². The number of nitrogens with zero attached hydrogens (tertiary/aromatic N) is 1. The molecule has 3 atom stereocenters. The van der Waals surface area contributed by atoms with Crippen molar-refractivity contribution in [1.29, 1.82) is 0 Å². The second-order valence-electron chi connectivity index (χ2n) is 9.25. The predicted octanol–water partition coefficient (Wildman–Crippen LogP) is 4.35. The molecule has 2 heterocycles. The molecule has 2 amide bonds. The van der Waals surface area contributed by atoms with E-state index in [2.05, 4.69) is 5.32 Å². The molecule has 0 radical (unpaired) electrons. The van der Waals surface area contributed by atoms with Crippen molar-refractivity contribution >= 4 is 12.2 Å². The fourth-order valence-corrected chi connectivity index (χ4v) is 4.33. The van der Waals surface area contributed by atoms with E-state index in [-0.39, 0.29) is 6.42 Å². The van der Waals surface area contributed by atoms with Crippen molar-refractivity contribution in [2.24, 2.45) is 0 Å². The van der Waals surface area contributed by atoms with Gasteiger partial charge < -0.3 is 14.8 Å². The van der Waals surface area contributed by atoms with E-state index >= 15 is 0 Å². The first-order valence-electron chi connectivity index (χ1n) is 10.6. The number of amides is 2. The molecule has 170 valence electrons. The van der Waals surface area contributed by atoms with Crippen molar-refractivity contribution in [3.63, 3.8) is 0 Å². The largest absolute Gasteiger partial charge is 0.444 e. The fraction of sp³-hybridized carbons (Fsp3) is 0.417. The van der Waals surface area contributed by atoms with E-state index in [9.17, 15) is 18.4 Å². The Hall–Kier alpha value is -3.16. The minimum atomic E-state index is -0.713. The van der Waals surface area contributed by atoms with Crippen LogP contribution in [-0.2, 0) is 28.9 Å². The number of alkyl carbamates (subject to hydrolysis) is 1. The van der Waals surface area contributed by atoms with Crippen LogP contribution >= 0.6 is 0 Å². The topological polar surface area (TPSA) is 67.9 Å². The quantitative estimate of drug-likeness (QED) is 0.765. The summed E-state index contributed by atoms with van der Waals surface area (Å²) in [5, 5.41) is 2.74. The maximum atomic E-state index is 13.7. The summed E-state index contributed by atoms with van der Waals surface area (Å²) in [4.78, 5) is 26.8. The van der Waals surface area contributed by atoms with Gasteiger partial charge in [0.2, 0.25) is 0 Å². The number of halogens is 2. The van der Waals surface area contributed by atoms with Crippen molar-refractivity contribution in [1.82, 2.24) is 10.2 Å². The molecule has 4 rings (SSSR count). The van der Waals surface area contributed by atoms with Crippen LogP contribution in [0.4, 0.5) is 18.4 Å². The zero-order chi connectivity index (χ0) is 23.0. The summed E-state index contributed by atoms with van der Waals surface area (Å²) in [5.74, 6) is -1.38. The Labute approximate surface area is 185 Å². The number of cyclic esters (lactones) is 1. The Kier molecular flexibility index (Phi) is 5.79. The number of carbonyl (C=O) groups is 2. The van der Waals surface area contributed by atoms with Gasteiger partial charge in [0.15, 0.2) is 0 Å². The summed E-state index contributed by atoms with van der Waals surface area (Å²) in [7, 11) is 0. The van der Waals surface area contributed by atoms with Crippen LogP contribution in [0.3, 0.4) is 0 Å². The van der Waals surface area contributed by atoms with Crippen molar-refractivity contribution < 1.29 is 27.8 Å². The van der Waals surface area contributed by atoms with Crippen LogP contribution < -0.4 is 5.32 Å². The van der Waals surface area contributed by atoms with Gasteiger partial charge >= 0.3 is 12.2 Å². The van der Waals surface area contributed by atoms with Gasteiger partial charge in [-0.3, -0.25) is 4.90 Å². The van der Waals surface area contributed by atoms with Crippen LogP contribution in [-0.4, -0.2) is 40.9 Å². The lowest BCUT2D eigenvalue weighted by molar-refractivity contribution is -0.0114. The maximum Gasteiger partial charge on any atom is 0.410 e. The predicted molar refractivity (Wildman–Crippen MR) is 113 cm³/mol. The van der Waals surface area contributed by atoms with Crippen molar-refractivity contribution in [3.8, 4) is 0 Å². The molecule has 0 saturated carbocycles. The van der Waals surface area contributed by atoms with E-state index in [1.165, 1.54) is 12.1 Å². The van der Waals surface area contributed by atoms with Gasteiger partial charge in [-0.2, -0.15) is 0 Å². The SMILES string of the molecule is CC(C)(C)OC(=O)N1Cc2ccccc2C[C@@H]1[C@H]1OC(=O)N[C@H]1Cc1cc(F)cc(F)c1. The summed E-state index contributed by atoms with van der Waals surface area (Å²) in [6.45, 7) is 5.67. The van der Waals surface area contributed by atoms with Crippen LogP contribution in [0.5, 0.6) is 0 Å². The fourth-order valence-electron chi connectivity index (χ4n) is 4.33. The van der Waals surface area contributed by atoms with Crippen LogP contribution in [0, 0.1) is 11.6 Å². The second kappa shape index (κ2) is 8.41. The first-order chi connectivity index (χ1) is 15.1. The highest BCUT2D eigenvalue weighted by Gasteiger charge is 2.46. The highest BCUT2D eigenvalue weighted by atomic mass is 19.1. The van der Waals surface area contributed by atoms with Gasteiger partial charge in [0, 0.05) is 12.6 Å². The Morgan fingerprint density at radius 3 is 2.47 bits per heavy atom. The van der Waals surface area contributed by atoms with Gasteiger partial charge in [-0.1, -0.05) is 24.3 Å². The van der Waals surface area contributed by atoms with Gasteiger partial charge in [-0.25, -0.2) is 18.4 Å². The molecule has 32 heavy (non-hydrogen) atoms. The third-order valence-corrected chi connectivity index (χ3v) is 5.62. The normalized spacial score (nSPS) is 22.7. The Morgan fingerprint density at radius 2 is 1.81 bits per heavy atom. The highest BCUT2D eigenvalue weighted by Crippen LogP contribution is 2.31. The first kappa shape index (κ1) is 22.0. The van der Waals surface area contributed by atoms with E-state index in [0.29, 0.717) is 18.5 Å². The highest BCUT2D eigenvalue weighted by molar-refractivity contribution is 5.72. The number of benzene rings is 2. The minimum Gasteiger partial charge on any atom is -0.444 e. The molecule has 2 aliphatic heterocycles. The molecule has 0 spiro atoms. The summed E-state index contributed by atoms with van der Waals surface area (Å²) in [5.41, 5.74) is 1.75. The lowest BCUT2D eigenvalue weighted by Gasteiger charge is -2.40. The number of rotatable bonds is 3. The molecule has 1 saturated heterocycles. The van der Waals surface area contributed by atoms with Gasteiger partial charge in [0.05, 0.1) is 12.1 Å². The molecule has 0 aromatic heterocycles. The third-order valence-electron chi connectivity index (χ3n) is 5.62. The number of ether oxygens (including phenoxy) is 2. The van der Waals surface area contributed by atoms with Gasteiger partial charge in [-0.15, -0.1) is 0 Å². The van der Waals surface area contributed by atoms with Gasteiger partial charge in [-0.05, 0) is 62.4 Å². The molecule has 0 aliphatic carbocycles. The number of hydrogen-bond donors (Lipinski definition) is 1. The number of carbonyl (C=O) groups excluding carboxylic acids is 2. The number of fused-ring (bicyclic) bond motifs is 1. The lowest BCUT2D eigenvalue weighted by Crippen LogP contribution is -2.55. The Morgan fingerprint density at radius 1 is 1.16 bits per heavy atom.